The Labute approximate surface area is 176 Å². The zero-order valence-electron chi connectivity index (χ0n) is 16.9. The molecule has 0 unspecified atom stereocenters. The SMILES string of the molecule is CC1(Cc2ccc(Cl)cc2)CCN(CCCCc2ccccc2C(F)(F)F)CC1. The summed E-state index contributed by atoms with van der Waals surface area (Å²) in [7, 11) is 0. The van der Waals surface area contributed by atoms with Gasteiger partial charge in [0.05, 0.1) is 5.56 Å². The van der Waals surface area contributed by atoms with Crippen LogP contribution < -0.4 is 0 Å². The summed E-state index contributed by atoms with van der Waals surface area (Å²) in [5, 5.41) is 0.770. The van der Waals surface area contributed by atoms with Gasteiger partial charge in [-0.25, -0.2) is 0 Å². The van der Waals surface area contributed by atoms with Gasteiger partial charge in [0.1, 0.15) is 0 Å². The summed E-state index contributed by atoms with van der Waals surface area (Å²) < 4.78 is 39.2. The predicted molar refractivity (Wildman–Crippen MR) is 113 cm³/mol. The Morgan fingerprint density at radius 2 is 1.62 bits per heavy atom. The number of benzene rings is 2. The van der Waals surface area contributed by atoms with Crippen LogP contribution in [-0.4, -0.2) is 24.5 Å². The molecule has 0 N–H and O–H groups in total. The number of hydrogen-bond donors (Lipinski definition) is 0. The van der Waals surface area contributed by atoms with Crippen molar-refractivity contribution in [2.24, 2.45) is 5.41 Å². The molecule has 1 saturated heterocycles. The molecular weight excluding hydrogens is 395 g/mol. The molecule has 5 heteroatoms. The Morgan fingerprint density at radius 1 is 0.966 bits per heavy atom. The Kier molecular flexibility index (Phi) is 7.28. The first-order chi connectivity index (χ1) is 13.8. The van der Waals surface area contributed by atoms with Crippen LogP contribution in [0.1, 0.15) is 49.3 Å². The minimum atomic E-state index is -4.27. The highest BCUT2D eigenvalue weighted by Gasteiger charge is 2.33. The van der Waals surface area contributed by atoms with Crippen LogP contribution in [0.5, 0.6) is 0 Å². The van der Waals surface area contributed by atoms with Crippen LogP contribution in [0.4, 0.5) is 13.2 Å². The Balaban J connectivity index is 1.41. The molecule has 1 aliphatic rings. The number of likely N-dealkylation sites (tertiary alicyclic amines) is 1. The first kappa shape index (κ1) is 22.2. The topological polar surface area (TPSA) is 3.24 Å². The average Bonchev–Trinajstić information content (AvgIpc) is 2.68. The van der Waals surface area contributed by atoms with Gasteiger partial charge in [0, 0.05) is 5.02 Å². The van der Waals surface area contributed by atoms with Gasteiger partial charge in [0.15, 0.2) is 0 Å². The number of piperidine rings is 1. The summed E-state index contributed by atoms with van der Waals surface area (Å²) >= 11 is 5.98. The van der Waals surface area contributed by atoms with Gasteiger partial charge in [-0.2, -0.15) is 13.2 Å². The molecule has 29 heavy (non-hydrogen) atoms. The van der Waals surface area contributed by atoms with Crippen LogP contribution in [0.25, 0.3) is 0 Å². The first-order valence-corrected chi connectivity index (χ1v) is 10.7. The standard InChI is InChI=1S/C24H29ClF3N/c1-23(18-19-9-11-21(25)12-10-19)13-16-29(17-14-23)15-5-4-7-20-6-2-3-8-22(20)24(26,27)28/h2-3,6,8-12H,4-5,7,13-18H2,1H3. The van der Waals surface area contributed by atoms with Gasteiger partial charge in [-0.3, -0.25) is 0 Å². The van der Waals surface area contributed by atoms with Crippen molar-refractivity contribution in [3.8, 4) is 0 Å². The molecule has 1 nitrogen and oxygen atoms in total. The third-order valence-corrected chi connectivity index (χ3v) is 6.35. The largest absolute Gasteiger partial charge is 0.416 e. The lowest BCUT2D eigenvalue weighted by Crippen LogP contribution is -2.40. The molecular formula is C24H29ClF3N. The molecule has 3 rings (SSSR count). The summed E-state index contributed by atoms with van der Waals surface area (Å²) in [6, 6.07) is 14.1. The Hall–Kier alpha value is -1.52. The maximum absolute atomic E-state index is 13.1. The van der Waals surface area contributed by atoms with E-state index in [1.807, 2.05) is 12.1 Å². The van der Waals surface area contributed by atoms with E-state index in [1.165, 1.54) is 17.7 Å². The Bertz CT molecular complexity index is 777. The summed E-state index contributed by atoms with van der Waals surface area (Å²) in [4.78, 5) is 2.46. The second-order valence-electron chi connectivity index (χ2n) is 8.57. The first-order valence-electron chi connectivity index (χ1n) is 10.4. The summed E-state index contributed by atoms with van der Waals surface area (Å²) in [6.45, 7) is 5.44. The van der Waals surface area contributed by atoms with E-state index in [-0.39, 0.29) is 0 Å². The number of unbranched alkanes of at least 4 members (excludes halogenated alkanes) is 1. The maximum Gasteiger partial charge on any atom is 0.416 e. The van der Waals surface area contributed by atoms with Crippen molar-refractivity contribution in [1.29, 1.82) is 0 Å². The van der Waals surface area contributed by atoms with Gasteiger partial charge < -0.3 is 4.90 Å². The molecule has 2 aromatic carbocycles. The van der Waals surface area contributed by atoms with E-state index >= 15 is 0 Å². The van der Waals surface area contributed by atoms with Crippen LogP contribution in [0, 0.1) is 5.41 Å². The molecule has 0 amide bonds. The van der Waals surface area contributed by atoms with Crippen LogP contribution in [0.3, 0.4) is 0 Å². The van der Waals surface area contributed by atoms with Crippen molar-refractivity contribution < 1.29 is 13.2 Å². The maximum atomic E-state index is 13.1. The minimum absolute atomic E-state index is 0.302. The number of aryl methyl sites for hydroxylation is 1. The van der Waals surface area contributed by atoms with Gasteiger partial charge in [-0.05, 0) is 92.9 Å². The molecule has 0 atom stereocenters. The Morgan fingerprint density at radius 3 is 2.28 bits per heavy atom. The van der Waals surface area contributed by atoms with E-state index in [1.54, 1.807) is 12.1 Å². The van der Waals surface area contributed by atoms with Crippen LogP contribution >= 0.6 is 11.6 Å². The molecule has 0 aromatic heterocycles. The van der Waals surface area contributed by atoms with Gasteiger partial charge >= 0.3 is 6.18 Å². The number of hydrogen-bond acceptors (Lipinski definition) is 1. The van der Waals surface area contributed by atoms with Crippen molar-refractivity contribution in [3.63, 3.8) is 0 Å². The second-order valence-corrected chi connectivity index (χ2v) is 9.00. The number of halogens is 4. The van der Waals surface area contributed by atoms with E-state index in [9.17, 15) is 13.2 Å². The van der Waals surface area contributed by atoms with Crippen LogP contribution in [0.2, 0.25) is 5.02 Å². The third-order valence-electron chi connectivity index (χ3n) is 6.10. The minimum Gasteiger partial charge on any atom is -0.303 e. The molecule has 0 bridgehead atoms. The van der Waals surface area contributed by atoms with Crippen molar-refractivity contribution in [2.45, 2.75) is 51.6 Å². The van der Waals surface area contributed by atoms with Crippen LogP contribution in [0.15, 0.2) is 48.5 Å². The number of alkyl halides is 3. The van der Waals surface area contributed by atoms with Crippen molar-refractivity contribution >= 4 is 11.6 Å². The van der Waals surface area contributed by atoms with E-state index in [2.05, 4.69) is 24.0 Å². The van der Waals surface area contributed by atoms with Crippen molar-refractivity contribution in [3.05, 3.63) is 70.2 Å². The molecule has 0 radical (unpaired) electrons. The van der Waals surface area contributed by atoms with Crippen LogP contribution in [-0.2, 0) is 19.0 Å². The molecule has 0 aliphatic carbocycles. The fourth-order valence-electron chi connectivity index (χ4n) is 4.25. The average molecular weight is 424 g/mol. The highest BCUT2D eigenvalue weighted by Crippen LogP contribution is 2.35. The highest BCUT2D eigenvalue weighted by molar-refractivity contribution is 6.30. The van der Waals surface area contributed by atoms with Gasteiger partial charge in [0.2, 0.25) is 0 Å². The normalized spacial score (nSPS) is 17.4. The molecule has 1 aliphatic heterocycles. The molecule has 0 saturated carbocycles. The second kappa shape index (κ2) is 9.53. The fourth-order valence-corrected chi connectivity index (χ4v) is 4.38. The van der Waals surface area contributed by atoms with Crippen molar-refractivity contribution in [1.82, 2.24) is 4.90 Å². The molecule has 0 spiro atoms. The lowest BCUT2D eigenvalue weighted by Gasteiger charge is -2.39. The summed E-state index contributed by atoms with van der Waals surface area (Å²) in [6.07, 6.45) is 1.28. The lowest BCUT2D eigenvalue weighted by atomic mass is 9.75. The van der Waals surface area contributed by atoms with E-state index < -0.39 is 11.7 Å². The van der Waals surface area contributed by atoms with Gasteiger partial charge in [-0.1, -0.05) is 48.9 Å². The summed E-state index contributed by atoms with van der Waals surface area (Å²) in [5.41, 5.74) is 1.55. The molecule has 1 heterocycles. The van der Waals surface area contributed by atoms with Gasteiger partial charge in [-0.15, -0.1) is 0 Å². The smallest absolute Gasteiger partial charge is 0.303 e. The summed E-state index contributed by atoms with van der Waals surface area (Å²) in [5.74, 6) is 0. The number of nitrogens with zero attached hydrogens (tertiary/aromatic N) is 1. The molecule has 2 aromatic rings. The quantitative estimate of drug-likeness (QED) is 0.432. The van der Waals surface area contributed by atoms with Gasteiger partial charge in [0.25, 0.3) is 0 Å². The van der Waals surface area contributed by atoms with Crippen molar-refractivity contribution in [2.75, 3.05) is 19.6 Å². The highest BCUT2D eigenvalue weighted by atomic mass is 35.5. The zero-order chi connectivity index (χ0) is 20.9. The monoisotopic (exact) mass is 423 g/mol. The lowest BCUT2D eigenvalue weighted by molar-refractivity contribution is -0.138. The predicted octanol–water partition coefficient (Wildman–Crippen LogP) is 7.03. The van der Waals surface area contributed by atoms with E-state index in [0.29, 0.717) is 17.4 Å². The number of rotatable bonds is 7. The fraction of sp³-hybridized carbons (Fsp3) is 0.500. The third kappa shape index (κ3) is 6.48. The molecule has 158 valence electrons. The van der Waals surface area contributed by atoms with E-state index in [4.69, 9.17) is 11.6 Å². The molecule has 1 fully saturated rings. The van der Waals surface area contributed by atoms with E-state index in [0.717, 1.165) is 56.8 Å². The zero-order valence-corrected chi connectivity index (χ0v) is 17.7.